The van der Waals surface area contributed by atoms with Crippen LogP contribution in [0, 0.1) is 12.7 Å². The van der Waals surface area contributed by atoms with Crippen LogP contribution in [0.25, 0.3) is 22.3 Å². The lowest BCUT2D eigenvalue weighted by Gasteiger charge is -2.19. The second-order valence-corrected chi connectivity index (χ2v) is 7.70. The Hall–Kier alpha value is -3.06. The Balaban J connectivity index is 1.67. The van der Waals surface area contributed by atoms with Gasteiger partial charge in [0.1, 0.15) is 17.3 Å². The molecule has 0 radical (unpaired) electrons. The van der Waals surface area contributed by atoms with Crippen molar-refractivity contribution < 1.29 is 4.39 Å². The minimum atomic E-state index is -0.247. The number of pyridine rings is 2. The number of anilines is 2. The molecule has 0 bridgehead atoms. The summed E-state index contributed by atoms with van der Waals surface area (Å²) in [6.07, 6.45) is 5.69. The van der Waals surface area contributed by atoms with E-state index in [9.17, 15) is 4.39 Å². The van der Waals surface area contributed by atoms with Gasteiger partial charge in [0, 0.05) is 54.6 Å². The van der Waals surface area contributed by atoms with E-state index in [0.717, 1.165) is 44.9 Å². The first-order chi connectivity index (χ1) is 14.1. The van der Waals surface area contributed by atoms with Gasteiger partial charge in [0.05, 0.1) is 0 Å². The number of aromatic amines is 1. The van der Waals surface area contributed by atoms with E-state index in [1.807, 2.05) is 38.7 Å². The van der Waals surface area contributed by atoms with Gasteiger partial charge in [-0.15, -0.1) is 0 Å². The highest BCUT2D eigenvalue weighted by Crippen LogP contribution is 2.31. The summed E-state index contributed by atoms with van der Waals surface area (Å²) in [5, 5.41) is 4.58. The number of hydrogen-bond donors (Lipinski definition) is 2. The monoisotopic (exact) mass is 407 g/mol. The molecular weight excluding hydrogens is 385 g/mol. The molecule has 0 saturated heterocycles. The first-order valence-corrected chi connectivity index (χ1v) is 10.4. The number of H-pyrrole nitrogens is 1. The number of aryl methyl sites for hydroxylation is 1. The summed E-state index contributed by atoms with van der Waals surface area (Å²) in [5.74, 6) is 0.695. The van der Waals surface area contributed by atoms with Gasteiger partial charge < -0.3 is 14.6 Å². The maximum absolute atomic E-state index is 13.3. The topological polar surface area (TPSA) is 56.8 Å². The number of nitrogens with zero attached hydrogens (tertiary/aromatic N) is 3. The molecule has 3 aromatic heterocycles. The molecule has 0 unspecified atom stereocenters. The van der Waals surface area contributed by atoms with Gasteiger partial charge in [-0.3, -0.25) is 0 Å². The lowest BCUT2D eigenvalue weighted by molar-refractivity contribution is 0.628. The lowest BCUT2D eigenvalue weighted by atomic mass is 10.1. The Morgan fingerprint density at radius 1 is 1.17 bits per heavy atom. The number of hydrogen-bond acceptors (Lipinski definition) is 5. The number of aromatic nitrogens is 3. The maximum atomic E-state index is 13.3. The standard InChI is InChI=1S/C22H22FN5S/c1-14-12-26-21-18(11-19(27-21)15-6-8-17(23)9-7-15)20(14)25-13-16-5-4-10-24-22(16)28(2)29-3/h4-12H,13H2,1-3H3,(H2,25,26,27). The molecule has 0 atom stereocenters. The predicted octanol–water partition coefficient (Wildman–Crippen LogP) is 5.40. The second kappa shape index (κ2) is 8.13. The van der Waals surface area contributed by atoms with Crippen LogP contribution in [-0.2, 0) is 6.54 Å². The minimum absolute atomic E-state index is 0.247. The highest BCUT2D eigenvalue weighted by molar-refractivity contribution is 7.99. The molecule has 4 rings (SSSR count). The molecule has 148 valence electrons. The zero-order valence-electron chi connectivity index (χ0n) is 16.5. The molecule has 29 heavy (non-hydrogen) atoms. The molecule has 7 heteroatoms. The molecule has 0 aliphatic rings. The molecule has 0 fully saturated rings. The Bertz CT molecular complexity index is 1140. The van der Waals surface area contributed by atoms with Gasteiger partial charge in [-0.1, -0.05) is 18.0 Å². The second-order valence-electron chi connectivity index (χ2n) is 6.79. The van der Waals surface area contributed by atoms with E-state index in [1.165, 1.54) is 12.1 Å². The fraction of sp³-hybridized carbons (Fsp3) is 0.182. The molecule has 0 saturated carbocycles. The third-order valence-corrected chi connectivity index (χ3v) is 5.62. The van der Waals surface area contributed by atoms with Crippen LogP contribution in [0.1, 0.15) is 11.1 Å². The fourth-order valence-electron chi connectivity index (χ4n) is 3.32. The number of benzene rings is 1. The Morgan fingerprint density at radius 3 is 2.72 bits per heavy atom. The normalized spacial score (nSPS) is 11.0. The zero-order valence-corrected chi connectivity index (χ0v) is 17.3. The van der Waals surface area contributed by atoms with Crippen molar-refractivity contribution in [2.24, 2.45) is 0 Å². The largest absolute Gasteiger partial charge is 0.380 e. The highest BCUT2D eigenvalue weighted by Gasteiger charge is 2.13. The van der Waals surface area contributed by atoms with Gasteiger partial charge in [-0.2, -0.15) is 0 Å². The number of nitrogens with one attached hydrogen (secondary N) is 2. The van der Waals surface area contributed by atoms with Crippen LogP contribution in [-0.4, -0.2) is 28.3 Å². The minimum Gasteiger partial charge on any atom is -0.380 e. The van der Waals surface area contributed by atoms with Gasteiger partial charge in [0.25, 0.3) is 0 Å². The Kier molecular flexibility index (Phi) is 5.40. The fourth-order valence-corrected chi connectivity index (χ4v) is 3.65. The molecule has 4 aromatic rings. The van der Waals surface area contributed by atoms with Crippen molar-refractivity contribution in [3.8, 4) is 11.3 Å². The van der Waals surface area contributed by atoms with Crippen LogP contribution in [0.15, 0.2) is 54.9 Å². The third kappa shape index (κ3) is 3.91. The number of rotatable bonds is 6. The third-order valence-electron chi connectivity index (χ3n) is 4.90. The number of fused-ring (bicyclic) bond motifs is 1. The Morgan fingerprint density at radius 2 is 1.97 bits per heavy atom. The van der Waals surface area contributed by atoms with Crippen molar-refractivity contribution in [3.63, 3.8) is 0 Å². The van der Waals surface area contributed by atoms with Crippen LogP contribution in [0.2, 0.25) is 0 Å². The van der Waals surface area contributed by atoms with Crippen LogP contribution >= 0.6 is 11.9 Å². The van der Waals surface area contributed by atoms with E-state index in [-0.39, 0.29) is 5.82 Å². The first-order valence-electron chi connectivity index (χ1n) is 9.26. The van der Waals surface area contributed by atoms with Gasteiger partial charge in [0.15, 0.2) is 0 Å². The van der Waals surface area contributed by atoms with E-state index >= 15 is 0 Å². The van der Waals surface area contributed by atoms with Crippen LogP contribution in [0.3, 0.4) is 0 Å². The predicted molar refractivity (Wildman–Crippen MR) is 120 cm³/mol. The van der Waals surface area contributed by atoms with Crippen LogP contribution in [0.4, 0.5) is 15.9 Å². The molecule has 1 aromatic carbocycles. The van der Waals surface area contributed by atoms with Gasteiger partial charge >= 0.3 is 0 Å². The molecule has 0 spiro atoms. The zero-order chi connectivity index (χ0) is 20.4. The van der Waals surface area contributed by atoms with E-state index in [0.29, 0.717) is 6.54 Å². The Labute approximate surface area is 173 Å². The molecule has 3 heterocycles. The molecular formula is C22H22FN5S. The van der Waals surface area contributed by atoms with Gasteiger partial charge in [-0.05, 0) is 54.4 Å². The summed E-state index contributed by atoms with van der Waals surface area (Å²) in [5.41, 5.74) is 5.83. The molecule has 0 amide bonds. The SMILES string of the molecule is CSN(C)c1ncccc1CNc1c(C)cnc2[nH]c(-c3ccc(F)cc3)cc12. The van der Waals surface area contributed by atoms with E-state index < -0.39 is 0 Å². The van der Waals surface area contributed by atoms with E-state index in [4.69, 9.17) is 0 Å². The summed E-state index contributed by atoms with van der Waals surface area (Å²) in [4.78, 5) is 12.4. The molecule has 2 N–H and O–H groups in total. The highest BCUT2D eigenvalue weighted by atomic mass is 32.2. The van der Waals surface area contributed by atoms with Gasteiger partial charge in [0.2, 0.25) is 0 Å². The maximum Gasteiger partial charge on any atom is 0.143 e. The van der Waals surface area contributed by atoms with Crippen molar-refractivity contribution in [2.75, 3.05) is 22.9 Å². The summed E-state index contributed by atoms with van der Waals surface area (Å²) in [6.45, 7) is 2.68. The van der Waals surface area contributed by atoms with Gasteiger partial charge in [-0.25, -0.2) is 14.4 Å². The summed E-state index contributed by atoms with van der Waals surface area (Å²) in [7, 11) is 2.01. The first kappa shape index (κ1) is 19.3. The quantitative estimate of drug-likeness (QED) is 0.419. The van der Waals surface area contributed by atoms with E-state index in [1.54, 1.807) is 24.1 Å². The summed E-state index contributed by atoms with van der Waals surface area (Å²) < 4.78 is 15.3. The molecule has 0 aliphatic carbocycles. The van der Waals surface area contributed by atoms with E-state index in [2.05, 4.69) is 36.7 Å². The average Bonchev–Trinajstić information content (AvgIpc) is 3.17. The lowest BCUT2D eigenvalue weighted by Crippen LogP contribution is -2.12. The average molecular weight is 408 g/mol. The summed E-state index contributed by atoms with van der Waals surface area (Å²) >= 11 is 1.62. The van der Waals surface area contributed by atoms with Crippen LogP contribution < -0.4 is 9.62 Å². The number of halogens is 1. The van der Waals surface area contributed by atoms with Crippen molar-refractivity contribution >= 4 is 34.5 Å². The molecule has 0 aliphatic heterocycles. The van der Waals surface area contributed by atoms with Crippen molar-refractivity contribution in [2.45, 2.75) is 13.5 Å². The van der Waals surface area contributed by atoms with Crippen molar-refractivity contribution in [1.82, 2.24) is 15.0 Å². The van der Waals surface area contributed by atoms with Crippen molar-refractivity contribution in [1.29, 1.82) is 0 Å². The smallest absolute Gasteiger partial charge is 0.143 e. The van der Waals surface area contributed by atoms with Crippen LogP contribution in [0.5, 0.6) is 0 Å². The van der Waals surface area contributed by atoms with Crippen molar-refractivity contribution in [3.05, 3.63) is 71.8 Å². The summed E-state index contributed by atoms with van der Waals surface area (Å²) in [6, 6.07) is 12.5. The molecule has 5 nitrogen and oxygen atoms in total.